The maximum atomic E-state index is 12.5. The largest absolute Gasteiger partial charge is 0.310 e. The number of aromatic nitrogens is 6. The molecule has 0 saturated heterocycles. The van der Waals surface area contributed by atoms with Gasteiger partial charge >= 0.3 is 0 Å². The van der Waals surface area contributed by atoms with E-state index in [0.29, 0.717) is 29.5 Å². The lowest BCUT2D eigenvalue weighted by atomic mass is 9.85. The molecule has 0 radical (unpaired) electrons. The lowest BCUT2D eigenvalue weighted by Crippen LogP contribution is -2.25. The van der Waals surface area contributed by atoms with Crippen LogP contribution in [0.3, 0.4) is 0 Å². The van der Waals surface area contributed by atoms with Crippen molar-refractivity contribution in [3.8, 4) is 5.82 Å². The number of nitrogens with one attached hydrogen (secondary N) is 1. The number of aryl methyl sites for hydroxylation is 3. The van der Waals surface area contributed by atoms with Gasteiger partial charge in [0.15, 0.2) is 17.3 Å². The van der Waals surface area contributed by atoms with Crippen LogP contribution in [0.25, 0.3) is 11.5 Å². The smallest absolute Gasteiger partial charge is 0.226 e. The molecule has 1 aliphatic rings. The zero-order valence-electron chi connectivity index (χ0n) is 15.8. The van der Waals surface area contributed by atoms with Gasteiger partial charge in [0.1, 0.15) is 5.82 Å². The Morgan fingerprint density at radius 3 is 2.57 bits per heavy atom. The van der Waals surface area contributed by atoms with Crippen molar-refractivity contribution in [1.29, 1.82) is 0 Å². The first-order valence-corrected chi connectivity index (χ1v) is 9.16. The lowest BCUT2D eigenvalue weighted by Gasteiger charge is -2.24. The summed E-state index contributed by atoms with van der Waals surface area (Å²) in [4.78, 5) is 12.5. The van der Waals surface area contributed by atoms with Crippen molar-refractivity contribution in [2.75, 3.05) is 5.32 Å². The number of hydrogen-bond donors (Lipinski definition) is 1. The Kier molecular flexibility index (Phi) is 3.55. The molecule has 140 valence electrons. The molecular formula is C20H19N7O. The van der Waals surface area contributed by atoms with Gasteiger partial charge in [0, 0.05) is 17.9 Å². The first-order chi connectivity index (χ1) is 13.5. The molecule has 3 aromatic heterocycles. The third-order valence-corrected chi connectivity index (χ3v) is 5.20. The average Bonchev–Trinajstić information content (AvgIpc) is 3.22. The number of anilines is 1. The Balaban J connectivity index is 1.68. The Bertz CT molecular complexity index is 1220. The molecule has 1 unspecified atom stereocenters. The fourth-order valence-corrected chi connectivity index (χ4v) is 3.80. The second kappa shape index (κ2) is 5.98. The summed E-state index contributed by atoms with van der Waals surface area (Å²) in [6, 6.07) is 12.0. The molecule has 0 aliphatic carbocycles. The Hall–Kier alpha value is -3.55. The number of carbonyl (C=O) groups is 1. The van der Waals surface area contributed by atoms with E-state index in [9.17, 15) is 4.79 Å². The standard InChI is InChI=1S/C20H19N7O/c1-11-4-6-14(7-5-11)15-10-18(28)21-20-19(15)12(2)24-27(20)17-9-8-16-23-22-13(3)26(16)25-17/h4-9,15H,10H2,1-3H3,(H,21,28). The molecular weight excluding hydrogens is 354 g/mol. The summed E-state index contributed by atoms with van der Waals surface area (Å²) in [7, 11) is 0. The van der Waals surface area contributed by atoms with Crippen molar-refractivity contribution in [2.45, 2.75) is 33.1 Å². The zero-order valence-corrected chi connectivity index (χ0v) is 15.8. The van der Waals surface area contributed by atoms with Gasteiger partial charge in [0.25, 0.3) is 0 Å². The van der Waals surface area contributed by atoms with Crippen molar-refractivity contribution in [3.05, 3.63) is 64.6 Å². The first-order valence-electron chi connectivity index (χ1n) is 9.16. The molecule has 1 N–H and O–H groups in total. The molecule has 8 heteroatoms. The molecule has 1 aromatic carbocycles. The minimum atomic E-state index is -0.0292. The summed E-state index contributed by atoms with van der Waals surface area (Å²) in [5.41, 5.74) is 4.88. The van der Waals surface area contributed by atoms with Gasteiger partial charge in [-0.2, -0.15) is 14.3 Å². The minimum Gasteiger partial charge on any atom is -0.310 e. The van der Waals surface area contributed by atoms with Gasteiger partial charge in [0.2, 0.25) is 5.91 Å². The van der Waals surface area contributed by atoms with Crippen molar-refractivity contribution in [1.82, 2.24) is 29.6 Å². The highest BCUT2D eigenvalue weighted by molar-refractivity contribution is 5.95. The van der Waals surface area contributed by atoms with Crippen LogP contribution in [0.2, 0.25) is 0 Å². The normalized spacial score (nSPS) is 16.2. The fourth-order valence-electron chi connectivity index (χ4n) is 3.80. The first kappa shape index (κ1) is 16.6. The molecule has 4 aromatic rings. The van der Waals surface area contributed by atoms with Crippen LogP contribution >= 0.6 is 0 Å². The van der Waals surface area contributed by atoms with Crippen LogP contribution in [0, 0.1) is 20.8 Å². The summed E-state index contributed by atoms with van der Waals surface area (Å²) < 4.78 is 3.36. The number of hydrogen-bond acceptors (Lipinski definition) is 5. The molecule has 28 heavy (non-hydrogen) atoms. The summed E-state index contributed by atoms with van der Waals surface area (Å²) in [6.45, 7) is 5.87. The maximum Gasteiger partial charge on any atom is 0.226 e. The quantitative estimate of drug-likeness (QED) is 0.583. The van der Waals surface area contributed by atoms with E-state index < -0.39 is 0 Å². The number of carbonyl (C=O) groups excluding carboxylic acids is 1. The van der Waals surface area contributed by atoms with Gasteiger partial charge in [-0.05, 0) is 38.5 Å². The van der Waals surface area contributed by atoms with E-state index in [1.807, 2.05) is 26.0 Å². The van der Waals surface area contributed by atoms with Gasteiger partial charge < -0.3 is 5.32 Å². The molecule has 4 heterocycles. The molecule has 8 nitrogen and oxygen atoms in total. The van der Waals surface area contributed by atoms with E-state index in [-0.39, 0.29) is 11.8 Å². The van der Waals surface area contributed by atoms with E-state index in [2.05, 4.69) is 51.8 Å². The lowest BCUT2D eigenvalue weighted by molar-refractivity contribution is -0.116. The van der Waals surface area contributed by atoms with Gasteiger partial charge in [0.05, 0.1) is 5.69 Å². The predicted molar refractivity (Wildman–Crippen MR) is 104 cm³/mol. The topological polar surface area (TPSA) is 90.0 Å². The SMILES string of the molecule is Cc1ccc(C2CC(=O)Nc3c2c(C)nn3-c2ccc3nnc(C)n3n2)cc1. The third kappa shape index (κ3) is 2.49. The minimum absolute atomic E-state index is 0.0271. The summed E-state index contributed by atoms with van der Waals surface area (Å²) in [5, 5.41) is 20.4. The summed E-state index contributed by atoms with van der Waals surface area (Å²) in [5.74, 6) is 1.91. The number of fused-ring (bicyclic) bond motifs is 2. The van der Waals surface area contributed by atoms with Crippen LogP contribution in [0.4, 0.5) is 5.82 Å². The van der Waals surface area contributed by atoms with E-state index in [4.69, 9.17) is 5.10 Å². The third-order valence-electron chi connectivity index (χ3n) is 5.20. The molecule has 0 fully saturated rings. The van der Waals surface area contributed by atoms with E-state index in [0.717, 1.165) is 16.8 Å². The zero-order chi connectivity index (χ0) is 19.4. The van der Waals surface area contributed by atoms with Gasteiger partial charge in [-0.15, -0.1) is 15.3 Å². The average molecular weight is 373 g/mol. The molecule has 0 spiro atoms. The number of rotatable bonds is 2. The van der Waals surface area contributed by atoms with Crippen LogP contribution in [-0.4, -0.2) is 35.5 Å². The van der Waals surface area contributed by atoms with Crippen molar-refractivity contribution in [3.63, 3.8) is 0 Å². The Labute approximate surface area is 161 Å². The maximum absolute atomic E-state index is 12.5. The highest BCUT2D eigenvalue weighted by Gasteiger charge is 2.33. The Morgan fingerprint density at radius 1 is 1.00 bits per heavy atom. The van der Waals surface area contributed by atoms with Crippen LogP contribution in [-0.2, 0) is 4.79 Å². The molecule has 0 bridgehead atoms. The van der Waals surface area contributed by atoms with Crippen molar-refractivity contribution >= 4 is 17.4 Å². The van der Waals surface area contributed by atoms with Gasteiger partial charge in [-0.1, -0.05) is 29.8 Å². The molecule has 0 saturated carbocycles. The highest BCUT2D eigenvalue weighted by atomic mass is 16.1. The van der Waals surface area contributed by atoms with Crippen LogP contribution < -0.4 is 5.32 Å². The predicted octanol–water partition coefficient (Wildman–Crippen LogP) is 2.71. The second-order valence-corrected chi connectivity index (χ2v) is 7.18. The molecule has 5 rings (SSSR count). The number of nitrogens with zero attached hydrogens (tertiary/aromatic N) is 6. The second-order valence-electron chi connectivity index (χ2n) is 7.18. The summed E-state index contributed by atoms with van der Waals surface area (Å²) >= 11 is 0. The van der Waals surface area contributed by atoms with E-state index in [1.54, 1.807) is 9.20 Å². The number of benzene rings is 1. The monoisotopic (exact) mass is 373 g/mol. The van der Waals surface area contributed by atoms with Crippen molar-refractivity contribution < 1.29 is 4.79 Å². The molecule has 1 aliphatic heterocycles. The van der Waals surface area contributed by atoms with E-state index >= 15 is 0 Å². The van der Waals surface area contributed by atoms with Crippen LogP contribution in [0.15, 0.2) is 36.4 Å². The Morgan fingerprint density at radius 2 is 1.79 bits per heavy atom. The van der Waals surface area contributed by atoms with Crippen molar-refractivity contribution in [2.24, 2.45) is 0 Å². The van der Waals surface area contributed by atoms with Gasteiger partial charge in [-0.25, -0.2) is 0 Å². The summed E-state index contributed by atoms with van der Waals surface area (Å²) in [6.07, 6.45) is 0.402. The van der Waals surface area contributed by atoms with E-state index in [1.165, 1.54) is 5.56 Å². The number of amides is 1. The molecule has 1 amide bonds. The highest BCUT2D eigenvalue weighted by Crippen LogP contribution is 2.40. The van der Waals surface area contributed by atoms with Crippen LogP contribution in [0.1, 0.15) is 40.5 Å². The molecule has 1 atom stereocenters. The van der Waals surface area contributed by atoms with Gasteiger partial charge in [-0.3, -0.25) is 4.79 Å². The van der Waals surface area contributed by atoms with Crippen LogP contribution in [0.5, 0.6) is 0 Å². The fraction of sp³-hybridized carbons (Fsp3) is 0.250.